The summed E-state index contributed by atoms with van der Waals surface area (Å²) in [5, 5.41) is 4.60. The molecule has 4 N–H and O–H groups in total. The summed E-state index contributed by atoms with van der Waals surface area (Å²) in [7, 11) is 0. The number of nitrogens with zero attached hydrogens (tertiary/aromatic N) is 4. The van der Waals surface area contributed by atoms with Crippen LogP contribution in [0.1, 0.15) is 22.6 Å². The Labute approximate surface area is 144 Å². The normalized spacial score (nSPS) is 11.3. The number of nitrogen functional groups attached to an aromatic ring is 2. The molecule has 0 radical (unpaired) electrons. The number of hydrogen-bond acceptors (Lipinski definition) is 6. The lowest BCUT2D eigenvalue weighted by molar-refractivity contribution is 0.541. The zero-order valence-corrected chi connectivity index (χ0v) is 14.0. The molecule has 3 heterocycles. The summed E-state index contributed by atoms with van der Waals surface area (Å²) in [4.78, 5) is 8.72. The smallest absolute Gasteiger partial charge is 0.224 e. The van der Waals surface area contributed by atoms with Crippen LogP contribution in [0.25, 0.3) is 17.2 Å². The standard InChI is InChI=1S/C18H18N6O/c1-10-6-7-15(25-10)17-22-18(20)21-16-14(11(2)23-24(16)17)9-12-4-3-5-13(19)8-12/h3-8H,9,19H2,1-2H3,(H2,20,21). The summed E-state index contributed by atoms with van der Waals surface area (Å²) < 4.78 is 7.38. The van der Waals surface area contributed by atoms with Gasteiger partial charge >= 0.3 is 0 Å². The summed E-state index contributed by atoms with van der Waals surface area (Å²) in [6.07, 6.45) is 0.660. The van der Waals surface area contributed by atoms with E-state index >= 15 is 0 Å². The highest BCUT2D eigenvalue weighted by Gasteiger charge is 2.18. The van der Waals surface area contributed by atoms with Crippen molar-refractivity contribution in [3.63, 3.8) is 0 Å². The first kappa shape index (κ1) is 15.2. The topological polar surface area (TPSA) is 108 Å². The lowest BCUT2D eigenvalue weighted by atomic mass is 10.0. The van der Waals surface area contributed by atoms with Crippen LogP contribution in [0.15, 0.2) is 40.8 Å². The highest BCUT2D eigenvalue weighted by atomic mass is 16.3. The van der Waals surface area contributed by atoms with E-state index < -0.39 is 0 Å². The van der Waals surface area contributed by atoms with Gasteiger partial charge in [0.15, 0.2) is 11.4 Å². The first-order chi connectivity index (χ1) is 12.0. The van der Waals surface area contributed by atoms with E-state index in [9.17, 15) is 0 Å². The summed E-state index contributed by atoms with van der Waals surface area (Å²) in [6.45, 7) is 3.83. The van der Waals surface area contributed by atoms with Gasteiger partial charge in [0.2, 0.25) is 11.8 Å². The Balaban J connectivity index is 1.89. The van der Waals surface area contributed by atoms with Crippen molar-refractivity contribution >= 4 is 17.3 Å². The van der Waals surface area contributed by atoms with E-state index in [-0.39, 0.29) is 5.95 Å². The van der Waals surface area contributed by atoms with E-state index in [1.807, 2.05) is 50.2 Å². The van der Waals surface area contributed by atoms with Gasteiger partial charge in [-0.05, 0) is 43.7 Å². The van der Waals surface area contributed by atoms with Crippen LogP contribution in [-0.2, 0) is 6.42 Å². The van der Waals surface area contributed by atoms with Crippen molar-refractivity contribution in [2.75, 3.05) is 11.5 Å². The zero-order valence-electron chi connectivity index (χ0n) is 14.0. The van der Waals surface area contributed by atoms with Gasteiger partial charge in [0, 0.05) is 17.7 Å². The predicted molar refractivity (Wildman–Crippen MR) is 96.0 cm³/mol. The molecular weight excluding hydrogens is 316 g/mol. The molecule has 25 heavy (non-hydrogen) atoms. The van der Waals surface area contributed by atoms with Gasteiger partial charge in [-0.1, -0.05) is 12.1 Å². The molecule has 0 saturated heterocycles. The average Bonchev–Trinajstić information content (AvgIpc) is 3.12. The van der Waals surface area contributed by atoms with Gasteiger partial charge in [0.05, 0.1) is 5.69 Å². The van der Waals surface area contributed by atoms with E-state index in [0.717, 1.165) is 28.3 Å². The largest absolute Gasteiger partial charge is 0.458 e. The van der Waals surface area contributed by atoms with Crippen LogP contribution in [0, 0.1) is 13.8 Å². The van der Waals surface area contributed by atoms with Gasteiger partial charge < -0.3 is 15.9 Å². The molecule has 0 aliphatic carbocycles. The maximum absolute atomic E-state index is 5.94. The maximum Gasteiger partial charge on any atom is 0.224 e. The number of rotatable bonds is 3. The second-order valence-corrected chi connectivity index (χ2v) is 6.04. The first-order valence-corrected chi connectivity index (χ1v) is 7.94. The Morgan fingerprint density at radius 2 is 1.92 bits per heavy atom. The molecule has 0 atom stereocenters. The van der Waals surface area contributed by atoms with Crippen molar-refractivity contribution in [3.05, 3.63) is 59.0 Å². The van der Waals surface area contributed by atoms with Gasteiger partial charge in [-0.25, -0.2) is 0 Å². The van der Waals surface area contributed by atoms with Crippen LogP contribution >= 0.6 is 0 Å². The van der Waals surface area contributed by atoms with E-state index in [4.69, 9.17) is 15.9 Å². The molecule has 0 unspecified atom stereocenters. The van der Waals surface area contributed by atoms with Crippen molar-refractivity contribution < 1.29 is 4.42 Å². The fraction of sp³-hybridized carbons (Fsp3) is 0.167. The fourth-order valence-corrected chi connectivity index (χ4v) is 2.93. The van der Waals surface area contributed by atoms with Gasteiger partial charge in [-0.2, -0.15) is 19.6 Å². The molecular formula is C18H18N6O. The van der Waals surface area contributed by atoms with Crippen LogP contribution in [-0.4, -0.2) is 19.6 Å². The second kappa shape index (κ2) is 5.62. The van der Waals surface area contributed by atoms with Crippen LogP contribution in [0.3, 0.4) is 0 Å². The molecule has 0 aliphatic rings. The average molecular weight is 334 g/mol. The van der Waals surface area contributed by atoms with Crippen molar-refractivity contribution in [1.29, 1.82) is 0 Å². The quantitative estimate of drug-likeness (QED) is 0.558. The highest BCUT2D eigenvalue weighted by molar-refractivity contribution is 5.61. The van der Waals surface area contributed by atoms with E-state index in [0.29, 0.717) is 23.7 Å². The summed E-state index contributed by atoms with van der Waals surface area (Å²) >= 11 is 0. The Bertz CT molecular complexity index is 1080. The maximum atomic E-state index is 5.94. The number of furan rings is 1. The monoisotopic (exact) mass is 334 g/mol. The number of nitrogens with two attached hydrogens (primary N) is 2. The Morgan fingerprint density at radius 3 is 2.64 bits per heavy atom. The second-order valence-electron chi connectivity index (χ2n) is 6.04. The third kappa shape index (κ3) is 2.69. The van der Waals surface area contributed by atoms with Gasteiger partial charge in [0.25, 0.3) is 0 Å². The Morgan fingerprint density at radius 1 is 1.08 bits per heavy atom. The van der Waals surface area contributed by atoms with Crippen molar-refractivity contribution in [2.24, 2.45) is 0 Å². The van der Waals surface area contributed by atoms with Gasteiger partial charge in [-0.15, -0.1) is 0 Å². The van der Waals surface area contributed by atoms with Gasteiger partial charge in [-0.3, -0.25) is 0 Å². The summed E-state index contributed by atoms with van der Waals surface area (Å²) in [5.74, 6) is 2.13. The fourth-order valence-electron chi connectivity index (χ4n) is 2.93. The third-order valence-electron chi connectivity index (χ3n) is 4.09. The van der Waals surface area contributed by atoms with Crippen LogP contribution < -0.4 is 11.5 Å². The van der Waals surface area contributed by atoms with E-state index in [1.165, 1.54) is 0 Å². The minimum Gasteiger partial charge on any atom is -0.458 e. The number of aryl methyl sites for hydroxylation is 2. The Kier molecular flexibility index (Phi) is 3.42. The molecule has 0 bridgehead atoms. The molecule has 1 aromatic carbocycles. The molecule has 3 aromatic heterocycles. The lowest BCUT2D eigenvalue weighted by Gasteiger charge is -2.04. The van der Waals surface area contributed by atoms with Crippen molar-refractivity contribution in [1.82, 2.24) is 19.6 Å². The number of fused-ring (bicyclic) bond motifs is 1. The number of benzene rings is 1. The number of hydrogen-bond donors (Lipinski definition) is 2. The molecule has 0 aliphatic heterocycles. The zero-order chi connectivity index (χ0) is 17.6. The lowest BCUT2D eigenvalue weighted by Crippen LogP contribution is -2.05. The van der Waals surface area contributed by atoms with Crippen molar-refractivity contribution in [3.8, 4) is 11.6 Å². The molecule has 0 saturated carbocycles. The van der Waals surface area contributed by atoms with Crippen LogP contribution in [0.5, 0.6) is 0 Å². The predicted octanol–water partition coefficient (Wildman–Crippen LogP) is 2.76. The number of aromatic nitrogens is 4. The molecule has 0 amide bonds. The van der Waals surface area contributed by atoms with Gasteiger partial charge in [0.1, 0.15) is 5.76 Å². The molecule has 7 heteroatoms. The molecule has 126 valence electrons. The first-order valence-electron chi connectivity index (χ1n) is 7.94. The third-order valence-corrected chi connectivity index (χ3v) is 4.09. The molecule has 4 rings (SSSR count). The van der Waals surface area contributed by atoms with Crippen molar-refractivity contribution in [2.45, 2.75) is 20.3 Å². The summed E-state index contributed by atoms with van der Waals surface area (Å²) in [5.41, 5.74) is 16.2. The summed E-state index contributed by atoms with van der Waals surface area (Å²) in [6, 6.07) is 11.5. The highest BCUT2D eigenvalue weighted by Crippen LogP contribution is 2.25. The minimum atomic E-state index is 0.185. The molecule has 7 nitrogen and oxygen atoms in total. The number of anilines is 2. The SMILES string of the molecule is Cc1ccc(-c2nc(N)nc3c(Cc4cccc(N)c4)c(C)nn23)o1. The Hall–Kier alpha value is -3.35. The molecule has 0 spiro atoms. The van der Waals surface area contributed by atoms with E-state index in [1.54, 1.807) is 4.52 Å². The van der Waals surface area contributed by atoms with Crippen LogP contribution in [0.2, 0.25) is 0 Å². The molecule has 0 fully saturated rings. The van der Waals surface area contributed by atoms with E-state index in [2.05, 4.69) is 15.1 Å². The minimum absolute atomic E-state index is 0.185. The molecule has 4 aromatic rings. The van der Waals surface area contributed by atoms with Crippen LogP contribution in [0.4, 0.5) is 11.6 Å².